The Kier molecular flexibility index (Phi) is 3.14. The van der Waals surface area contributed by atoms with Gasteiger partial charge in [0.15, 0.2) is 0 Å². The molecule has 2 unspecified atom stereocenters. The molecule has 1 aromatic carbocycles. The summed E-state index contributed by atoms with van der Waals surface area (Å²) in [5, 5.41) is 13.6. The van der Waals surface area contributed by atoms with Crippen LogP contribution in [0.4, 0.5) is 0 Å². The van der Waals surface area contributed by atoms with Crippen molar-refractivity contribution in [3.8, 4) is 5.75 Å². The van der Waals surface area contributed by atoms with E-state index in [0.29, 0.717) is 10.8 Å². The van der Waals surface area contributed by atoms with E-state index in [0.717, 1.165) is 18.5 Å². The van der Waals surface area contributed by atoms with Crippen molar-refractivity contribution in [3.63, 3.8) is 0 Å². The van der Waals surface area contributed by atoms with Gasteiger partial charge in [-0.15, -0.1) is 0 Å². The molecule has 2 N–H and O–H groups in total. The van der Waals surface area contributed by atoms with E-state index in [4.69, 9.17) is 16.3 Å². The zero-order chi connectivity index (χ0) is 10.8. The van der Waals surface area contributed by atoms with Gasteiger partial charge in [0.2, 0.25) is 0 Å². The molecule has 2 atom stereocenters. The highest BCUT2D eigenvalue weighted by molar-refractivity contribution is 6.32. The summed E-state index contributed by atoms with van der Waals surface area (Å²) in [6.07, 6.45) is 0.401. The predicted octanol–water partition coefficient (Wildman–Crippen LogP) is 1.74. The molecule has 82 valence electrons. The highest BCUT2D eigenvalue weighted by Gasteiger charge is 2.29. The van der Waals surface area contributed by atoms with Crippen LogP contribution in [-0.4, -0.2) is 24.9 Å². The van der Waals surface area contributed by atoms with Crippen LogP contribution in [0.5, 0.6) is 5.75 Å². The number of ether oxygens (including phenoxy) is 1. The highest BCUT2D eigenvalue weighted by atomic mass is 35.5. The van der Waals surface area contributed by atoms with Gasteiger partial charge < -0.3 is 15.2 Å². The van der Waals surface area contributed by atoms with Crippen LogP contribution in [0, 0.1) is 0 Å². The number of hydrogen-bond donors (Lipinski definition) is 2. The molecule has 0 bridgehead atoms. The second-order valence-corrected chi connectivity index (χ2v) is 4.06. The average molecular weight is 228 g/mol. The monoisotopic (exact) mass is 227 g/mol. The Labute approximate surface area is 94.0 Å². The van der Waals surface area contributed by atoms with Crippen LogP contribution >= 0.6 is 11.6 Å². The van der Waals surface area contributed by atoms with E-state index in [9.17, 15) is 5.11 Å². The fourth-order valence-corrected chi connectivity index (χ4v) is 2.25. The third kappa shape index (κ3) is 1.95. The van der Waals surface area contributed by atoms with Gasteiger partial charge in [-0.1, -0.05) is 23.7 Å². The lowest BCUT2D eigenvalue weighted by Crippen LogP contribution is -2.21. The molecule has 15 heavy (non-hydrogen) atoms. The summed E-state index contributed by atoms with van der Waals surface area (Å²) in [5.41, 5.74) is 0.926. The van der Waals surface area contributed by atoms with Crippen LogP contribution in [0.15, 0.2) is 18.2 Å². The van der Waals surface area contributed by atoms with Crippen LogP contribution < -0.4 is 10.1 Å². The number of hydrogen-bond acceptors (Lipinski definition) is 3. The van der Waals surface area contributed by atoms with Crippen molar-refractivity contribution in [1.29, 1.82) is 0 Å². The standard InChI is InChI=1S/C11H14ClNO2/c1-15-11-7(3-2-4-8(11)12)10-9(14)5-6-13-10/h2-4,9-10,13-14H,5-6H2,1H3. The number of methoxy groups -OCH3 is 1. The topological polar surface area (TPSA) is 41.5 Å². The van der Waals surface area contributed by atoms with Crippen molar-refractivity contribution in [2.24, 2.45) is 0 Å². The van der Waals surface area contributed by atoms with E-state index >= 15 is 0 Å². The second kappa shape index (κ2) is 4.39. The number of para-hydroxylation sites is 1. The third-order valence-corrected chi connectivity index (χ3v) is 3.02. The Bertz CT molecular complexity index is 356. The quantitative estimate of drug-likeness (QED) is 0.809. The lowest BCUT2D eigenvalue weighted by atomic mass is 10.0. The van der Waals surface area contributed by atoms with Gasteiger partial charge in [-0.25, -0.2) is 0 Å². The maximum absolute atomic E-state index is 9.79. The van der Waals surface area contributed by atoms with Gasteiger partial charge in [0.1, 0.15) is 5.75 Å². The van der Waals surface area contributed by atoms with Gasteiger partial charge >= 0.3 is 0 Å². The maximum atomic E-state index is 9.79. The molecule has 0 saturated carbocycles. The number of nitrogens with one attached hydrogen (secondary N) is 1. The first-order chi connectivity index (χ1) is 7.24. The van der Waals surface area contributed by atoms with Crippen molar-refractivity contribution in [2.75, 3.05) is 13.7 Å². The van der Waals surface area contributed by atoms with Crippen LogP contribution in [-0.2, 0) is 0 Å². The summed E-state index contributed by atoms with van der Waals surface area (Å²) < 4.78 is 5.25. The van der Waals surface area contributed by atoms with E-state index in [-0.39, 0.29) is 12.1 Å². The summed E-state index contributed by atoms with van der Waals surface area (Å²) in [5.74, 6) is 0.651. The number of benzene rings is 1. The number of aliphatic hydroxyl groups is 1. The molecule has 0 radical (unpaired) electrons. The summed E-state index contributed by atoms with van der Waals surface area (Å²) >= 11 is 6.02. The second-order valence-electron chi connectivity index (χ2n) is 3.65. The zero-order valence-electron chi connectivity index (χ0n) is 8.53. The normalized spacial score (nSPS) is 25.5. The maximum Gasteiger partial charge on any atom is 0.142 e. The lowest BCUT2D eigenvalue weighted by Gasteiger charge is -2.18. The van der Waals surface area contributed by atoms with Gasteiger partial charge in [-0.05, 0) is 19.0 Å². The minimum absolute atomic E-state index is 0.0707. The molecule has 3 nitrogen and oxygen atoms in total. The molecule has 0 aliphatic carbocycles. The molecule has 1 saturated heterocycles. The summed E-state index contributed by atoms with van der Waals surface area (Å²) in [6.45, 7) is 0.821. The molecular weight excluding hydrogens is 214 g/mol. The van der Waals surface area contributed by atoms with Gasteiger partial charge in [0, 0.05) is 5.56 Å². The van der Waals surface area contributed by atoms with Crippen molar-refractivity contribution >= 4 is 11.6 Å². The first kappa shape index (κ1) is 10.7. The molecule has 1 heterocycles. The molecule has 1 fully saturated rings. The third-order valence-electron chi connectivity index (χ3n) is 2.73. The van der Waals surface area contributed by atoms with E-state index in [1.165, 1.54) is 0 Å². The Hall–Kier alpha value is -0.770. The highest BCUT2D eigenvalue weighted by Crippen LogP contribution is 2.35. The van der Waals surface area contributed by atoms with Gasteiger partial charge in [-0.2, -0.15) is 0 Å². The minimum Gasteiger partial charge on any atom is -0.495 e. The Morgan fingerprint density at radius 1 is 1.53 bits per heavy atom. The molecule has 0 aromatic heterocycles. The van der Waals surface area contributed by atoms with Crippen LogP contribution in [0.25, 0.3) is 0 Å². The predicted molar refractivity (Wildman–Crippen MR) is 59.4 cm³/mol. The molecule has 0 amide bonds. The van der Waals surface area contributed by atoms with Gasteiger partial charge in [0.05, 0.1) is 24.3 Å². The summed E-state index contributed by atoms with van der Waals surface area (Å²) in [7, 11) is 1.59. The fourth-order valence-electron chi connectivity index (χ4n) is 1.99. The van der Waals surface area contributed by atoms with Crippen molar-refractivity contribution in [2.45, 2.75) is 18.6 Å². The van der Waals surface area contributed by atoms with Gasteiger partial charge in [-0.3, -0.25) is 0 Å². The van der Waals surface area contributed by atoms with Gasteiger partial charge in [0.25, 0.3) is 0 Å². The summed E-state index contributed by atoms with van der Waals surface area (Å²) in [4.78, 5) is 0. The van der Waals surface area contributed by atoms with Crippen LogP contribution in [0.2, 0.25) is 5.02 Å². The first-order valence-electron chi connectivity index (χ1n) is 4.98. The van der Waals surface area contributed by atoms with Crippen molar-refractivity contribution in [3.05, 3.63) is 28.8 Å². The van der Waals surface area contributed by atoms with E-state index < -0.39 is 0 Å². The Balaban J connectivity index is 2.38. The molecule has 1 aliphatic rings. The minimum atomic E-state index is -0.364. The first-order valence-corrected chi connectivity index (χ1v) is 5.35. The largest absolute Gasteiger partial charge is 0.495 e. The molecule has 1 aliphatic heterocycles. The Morgan fingerprint density at radius 2 is 2.33 bits per heavy atom. The number of halogens is 1. The molecule has 2 rings (SSSR count). The lowest BCUT2D eigenvalue weighted by molar-refractivity contribution is 0.158. The van der Waals surface area contributed by atoms with Crippen LogP contribution in [0.3, 0.4) is 0 Å². The van der Waals surface area contributed by atoms with Crippen LogP contribution in [0.1, 0.15) is 18.0 Å². The molecular formula is C11H14ClNO2. The van der Waals surface area contributed by atoms with Crippen molar-refractivity contribution < 1.29 is 9.84 Å². The number of rotatable bonds is 2. The molecule has 1 aromatic rings. The zero-order valence-corrected chi connectivity index (χ0v) is 9.29. The number of aliphatic hydroxyl groups excluding tert-OH is 1. The average Bonchev–Trinajstić information content (AvgIpc) is 2.64. The molecule has 0 spiro atoms. The van der Waals surface area contributed by atoms with Crippen molar-refractivity contribution in [1.82, 2.24) is 5.32 Å². The van der Waals surface area contributed by atoms with E-state index in [1.54, 1.807) is 13.2 Å². The molecule has 4 heteroatoms. The smallest absolute Gasteiger partial charge is 0.142 e. The Morgan fingerprint density at radius 3 is 2.93 bits per heavy atom. The summed E-state index contributed by atoms with van der Waals surface area (Å²) in [6, 6.07) is 5.51. The SMILES string of the molecule is COc1c(Cl)cccc1C1NCCC1O. The van der Waals surface area contributed by atoms with E-state index in [2.05, 4.69) is 5.32 Å². The fraction of sp³-hybridized carbons (Fsp3) is 0.455. The van der Waals surface area contributed by atoms with E-state index in [1.807, 2.05) is 12.1 Å².